The summed E-state index contributed by atoms with van der Waals surface area (Å²) in [5, 5.41) is 17.5. The molecule has 1 heterocycles. The molecular weight excluding hydrogens is 290 g/mol. The largest absolute Gasteiger partial charge is 0.479 e. The van der Waals surface area contributed by atoms with Crippen LogP contribution >= 0.6 is 0 Å². The van der Waals surface area contributed by atoms with Crippen LogP contribution in [0.5, 0.6) is 0 Å². The van der Waals surface area contributed by atoms with E-state index in [1.807, 2.05) is 4.72 Å². The molecule has 0 fully saturated rings. The molecule has 2 rings (SSSR count). The molecule has 0 amide bonds. The van der Waals surface area contributed by atoms with E-state index in [0.29, 0.717) is 11.0 Å². The van der Waals surface area contributed by atoms with Gasteiger partial charge in [-0.1, -0.05) is 0 Å². The predicted octanol–water partition coefficient (Wildman–Crippen LogP) is -1.42. The van der Waals surface area contributed by atoms with Gasteiger partial charge in [0.05, 0.1) is 15.9 Å². The zero-order valence-electron chi connectivity index (χ0n) is 9.95. The molecule has 0 radical (unpaired) electrons. The van der Waals surface area contributed by atoms with E-state index in [9.17, 15) is 18.0 Å². The Hall–Kier alpha value is -2.17. The van der Waals surface area contributed by atoms with Crippen LogP contribution in [-0.2, 0) is 14.8 Å². The Kier molecular flexibility index (Phi) is 3.61. The Morgan fingerprint density at radius 2 is 1.95 bits per heavy atom. The van der Waals surface area contributed by atoms with Crippen molar-refractivity contribution in [3.63, 3.8) is 0 Å². The summed E-state index contributed by atoms with van der Waals surface area (Å²) in [7, 11) is -3.98. The summed E-state index contributed by atoms with van der Waals surface area (Å²) in [5.74, 6) is -1.53. The van der Waals surface area contributed by atoms with Gasteiger partial charge in [-0.05, 0) is 18.2 Å². The zero-order valence-corrected chi connectivity index (χ0v) is 10.8. The fourth-order valence-electron chi connectivity index (χ4n) is 1.54. The first kappa shape index (κ1) is 14.2. The van der Waals surface area contributed by atoms with Crippen LogP contribution in [0.25, 0.3) is 11.0 Å². The van der Waals surface area contributed by atoms with E-state index in [1.54, 1.807) is 0 Å². The molecule has 1 aromatic carbocycles. The number of carboxylic acid groups (broad SMARTS) is 1. The highest BCUT2D eigenvalue weighted by molar-refractivity contribution is 7.89. The van der Waals surface area contributed by atoms with E-state index in [-0.39, 0.29) is 4.90 Å². The number of imidazole rings is 1. The third kappa shape index (κ3) is 2.87. The molecule has 10 heteroatoms. The second-order valence-electron chi connectivity index (χ2n) is 3.99. The van der Waals surface area contributed by atoms with E-state index < -0.39 is 34.3 Å². The smallest absolute Gasteiger partial charge is 0.333 e. The first-order valence-electron chi connectivity index (χ1n) is 5.42. The molecular formula is C10H11N3O6S. The first-order chi connectivity index (χ1) is 9.29. The van der Waals surface area contributed by atoms with Gasteiger partial charge in [0.1, 0.15) is 0 Å². The minimum atomic E-state index is -3.98. The molecule has 0 unspecified atom stereocenters. The molecule has 0 saturated heterocycles. The van der Waals surface area contributed by atoms with Gasteiger partial charge in [-0.15, -0.1) is 0 Å². The maximum atomic E-state index is 11.9. The van der Waals surface area contributed by atoms with Gasteiger partial charge in [0.2, 0.25) is 10.0 Å². The number of carbonyl (C=O) groups is 1. The number of carboxylic acids is 1. The quantitative estimate of drug-likeness (QED) is 0.457. The number of aromatic nitrogens is 2. The summed E-state index contributed by atoms with van der Waals surface area (Å²) >= 11 is 0. The molecule has 108 valence electrons. The number of rotatable bonds is 5. The number of H-pyrrole nitrogens is 2. The summed E-state index contributed by atoms with van der Waals surface area (Å²) < 4.78 is 25.8. The summed E-state index contributed by atoms with van der Waals surface area (Å²) in [5.41, 5.74) is 0.278. The van der Waals surface area contributed by atoms with Crippen molar-refractivity contribution in [1.82, 2.24) is 14.7 Å². The third-order valence-electron chi connectivity index (χ3n) is 2.55. The van der Waals surface area contributed by atoms with Crippen molar-refractivity contribution >= 4 is 27.0 Å². The fraction of sp³-hybridized carbons (Fsp3) is 0.200. The van der Waals surface area contributed by atoms with E-state index in [4.69, 9.17) is 10.2 Å². The van der Waals surface area contributed by atoms with Crippen molar-refractivity contribution in [3.05, 3.63) is 28.7 Å². The van der Waals surface area contributed by atoms with Gasteiger partial charge >= 0.3 is 11.7 Å². The Labute approximate surface area is 112 Å². The lowest BCUT2D eigenvalue weighted by Crippen LogP contribution is -2.36. The van der Waals surface area contributed by atoms with Crippen molar-refractivity contribution < 1.29 is 23.4 Å². The van der Waals surface area contributed by atoms with E-state index >= 15 is 0 Å². The van der Waals surface area contributed by atoms with E-state index in [1.165, 1.54) is 18.2 Å². The van der Waals surface area contributed by atoms with E-state index in [2.05, 4.69) is 9.97 Å². The first-order valence-corrected chi connectivity index (χ1v) is 6.90. The highest BCUT2D eigenvalue weighted by atomic mass is 32.2. The highest BCUT2D eigenvalue weighted by Crippen LogP contribution is 2.14. The van der Waals surface area contributed by atoms with Crippen LogP contribution in [-0.4, -0.2) is 47.2 Å². The Morgan fingerprint density at radius 3 is 2.60 bits per heavy atom. The molecule has 9 nitrogen and oxygen atoms in total. The van der Waals surface area contributed by atoms with Crippen LogP contribution in [0.3, 0.4) is 0 Å². The minimum Gasteiger partial charge on any atom is -0.479 e. The van der Waals surface area contributed by atoms with Crippen molar-refractivity contribution in [2.24, 2.45) is 0 Å². The lowest BCUT2D eigenvalue weighted by Gasteiger charge is -2.08. The number of aromatic amines is 2. The Morgan fingerprint density at radius 1 is 1.30 bits per heavy atom. The number of nitrogens with one attached hydrogen (secondary N) is 3. The van der Waals surface area contributed by atoms with Gasteiger partial charge in [-0.25, -0.2) is 22.7 Å². The second-order valence-corrected chi connectivity index (χ2v) is 5.76. The summed E-state index contributed by atoms with van der Waals surface area (Å²) in [6.07, 6.45) is -1.83. The van der Waals surface area contributed by atoms with Crippen molar-refractivity contribution in [3.8, 4) is 0 Å². The number of aliphatic hydroxyl groups excluding tert-OH is 1. The lowest BCUT2D eigenvalue weighted by atomic mass is 10.3. The summed E-state index contributed by atoms with van der Waals surface area (Å²) in [6, 6.07) is 3.87. The molecule has 0 aliphatic rings. The molecule has 0 aliphatic heterocycles. The van der Waals surface area contributed by atoms with Crippen molar-refractivity contribution in [2.45, 2.75) is 11.0 Å². The zero-order chi connectivity index (χ0) is 14.9. The number of hydrogen-bond acceptors (Lipinski definition) is 5. The van der Waals surface area contributed by atoms with Crippen LogP contribution in [0, 0.1) is 0 Å². The molecule has 2 aromatic rings. The van der Waals surface area contributed by atoms with Crippen molar-refractivity contribution in [1.29, 1.82) is 0 Å². The van der Waals surface area contributed by atoms with Gasteiger partial charge in [-0.3, -0.25) is 0 Å². The number of benzene rings is 1. The lowest BCUT2D eigenvalue weighted by molar-refractivity contribution is -0.146. The SMILES string of the molecule is O=C(O)[C@@H](O)CNS(=O)(=O)c1ccc2[nH]c(=O)[nH]c2c1. The predicted molar refractivity (Wildman–Crippen MR) is 67.8 cm³/mol. The monoisotopic (exact) mass is 301 g/mol. The van der Waals surface area contributed by atoms with E-state index in [0.717, 1.165) is 0 Å². The van der Waals surface area contributed by atoms with Gasteiger partial charge in [0.15, 0.2) is 6.10 Å². The fourth-order valence-corrected chi connectivity index (χ4v) is 2.60. The molecule has 1 atom stereocenters. The van der Waals surface area contributed by atoms with Crippen LogP contribution in [0.1, 0.15) is 0 Å². The molecule has 1 aromatic heterocycles. The average Bonchev–Trinajstić information content (AvgIpc) is 2.74. The van der Waals surface area contributed by atoms with Gasteiger partial charge in [-0.2, -0.15) is 0 Å². The minimum absolute atomic E-state index is 0.155. The normalized spacial score (nSPS) is 13.4. The molecule has 0 saturated carbocycles. The third-order valence-corrected chi connectivity index (χ3v) is 3.97. The highest BCUT2D eigenvalue weighted by Gasteiger charge is 2.19. The maximum absolute atomic E-state index is 11.9. The van der Waals surface area contributed by atoms with Gasteiger partial charge in [0, 0.05) is 6.54 Å². The Bertz CT molecular complexity index is 806. The Balaban J connectivity index is 2.27. The van der Waals surface area contributed by atoms with Crippen LogP contribution < -0.4 is 10.4 Å². The molecule has 5 N–H and O–H groups in total. The molecule has 0 bridgehead atoms. The number of aliphatic carboxylic acids is 1. The topological polar surface area (TPSA) is 152 Å². The maximum Gasteiger partial charge on any atom is 0.333 e. The number of fused-ring (bicyclic) bond motifs is 1. The van der Waals surface area contributed by atoms with Crippen LogP contribution in [0.4, 0.5) is 0 Å². The molecule has 20 heavy (non-hydrogen) atoms. The standard InChI is InChI=1S/C10H11N3O6S/c14-8(9(15)16)4-11-20(18,19)5-1-2-6-7(3-5)13-10(17)12-6/h1-3,8,11,14H,4H2,(H,15,16)(H2,12,13,17)/t8-/m0/s1. The number of sulfonamides is 1. The molecule has 0 aliphatic carbocycles. The summed E-state index contributed by atoms with van der Waals surface area (Å²) in [6.45, 7) is -0.653. The van der Waals surface area contributed by atoms with Crippen LogP contribution in [0.2, 0.25) is 0 Å². The van der Waals surface area contributed by atoms with Gasteiger partial charge < -0.3 is 20.2 Å². The number of hydrogen-bond donors (Lipinski definition) is 5. The summed E-state index contributed by atoms with van der Waals surface area (Å²) in [4.78, 5) is 26.2. The van der Waals surface area contributed by atoms with Crippen LogP contribution in [0.15, 0.2) is 27.9 Å². The van der Waals surface area contributed by atoms with Crippen molar-refractivity contribution in [2.75, 3.05) is 6.54 Å². The molecule has 0 spiro atoms. The number of aliphatic hydroxyl groups is 1. The van der Waals surface area contributed by atoms with Gasteiger partial charge in [0.25, 0.3) is 0 Å². The average molecular weight is 301 g/mol. The second kappa shape index (κ2) is 5.07.